The first-order valence-electron chi connectivity index (χ1n) is 9.93. The molecule has 2 heterocycles. The van der Waals surface area contributed by atoms with Crippen molar-refractivity contribution in [2.45, 2.75) is 27.2 Å². The van der Waals surface area contributed by atoms with Crippen molar-refractivity contribution in [3.8, 4) is 17.2 Å². The molecule has 1 aromatic carbocycles. The molecule has 1 aliphatic carbocycles. The fraction of sp³-hybridized carbons (Fsp3) is 0.333. The van der Waals surface area contributed by atoms with Crippen LogP contribution in [-0.4, -0.2) is 29.0 Å². The van der Waals surface area contributed by atoms with Crippen molar-refractivity contribution in [1.29, 1.82) is 0 Å². The number of hydrogen-bond acceptors (Lipinski definition) is 5. The number of aryl methyl sites for hydroxylation is 2. The molecule has 0 bridgehead atoms. The SMILES string of the molecule is COc1cc2nccc(OC3=C(c4cc(C)n(C)n4)CC(C)(C)C=C3)c2cc1OC. The monoisotopic (exact) mass is 405 g/mol. The number of rotatable bonds is 5. The zero-order valence-corrected chi connectivity index (χ0v) is 18.3. The Morgan fingerprint density at radius 2 is 1.77 bits per heavy atom. The number of hydrogen-bond donors (Lipinski definition) is 0. The number of ether oxygens (including phenoxy) is 3. The van der Waals surface area contributed by atoms with Crippen LogP contribution in [0, 0.1) is 12.3 Å². The van der Waals surface area contributed by atoms with E-state index in [0.717, 1.165) is 40.0 Å². The number of benzene rings is 1. The maximum atomic E-state index is 6.46. The van der Waals surface area contributed by atoms with Crippen LogP contribution in [0.25, 0.3) is 16.5 Å². The van der Waals surface area contributed by atoms with Crippen LogP contribution in [-0.2, 0) is 7.05 Å². The largest absolute Gasteiger partial charge is 0.493 e. The Hall–Kier alpha value is -3.28. The molecular formula is C24H27N3O3. The van der Waals surface area contributed by atoms with Gasteiger partial charge in [-0.2, -0.15) is 5.10 Å². The minimum atomic E-state index is 0.0323. The van der Waals surface area contributed by atoms with Gasteiger partial charge in [0.15, 0.2) is 11.5 Å². The van der Waals surface area contributed by atoms with Crippen LogP contribution >= 0.6 is 0 Å². The third kappa shape index (κ3) is 3.65. The van der Waals surface area contributed by atoms with Crippen molar-refractivity contribution in [3.63, 3.8) is 0 Å². The first-order chi connectivity index (χ1) is 14.3. The summed E-state index contributed by atoms with van der Waals surface area (Å²) in [6.45, 7) is 6.49. The summed E-state index contributed by atoms with van der Waals surface area (Å²) in [6, 6.07) is 7.74. The number of aromatic nitrogens is 3. The van der Waals surface area contributed by atoms with E-state index in [0.29, 0.717) is 17.2 Å². The predicted octanol–water partition coefficient (Wildman–Crippen LogP) is 5.07. The molecule has 30 heavy (non-hydrogen) atoms. The number of pyridine rings is 1. The van der Waals surface area contributed by atoms with Gasteiger partial charge < -0.3 is 14.2 Å². The molecule has 0 unspecified atom stereocenters. The van der Waals surface area contributed by atoms with Crippen molar-refractivity contribution < 1.29 is 14.2 Å². The molecule has 2 aromatic heterocycles. The second kappa shape index (κ2) is 7.52. The quantitative estimate of drug-likeness (QED) is 0.593. The smallest absolute Gasteiger partial charge is 0.162 e. The highest BCUT2D eigenvalue weighted by Crippen LogP contribution is 2.41. The Balaban J connectivity index is 1.83. The van der Waals surface area contributed by atoms with Gasteiger partial charge in [0, 0.05) is 36.0 Å². The molecule has 0 fully saturated rings. The number of allylic oxidation sites excluding steroid dienone is 3. The van der Waals surface area contributed by atoms with Crippen LogP contribution in [0.1, 0.15) is 31.7 Å². The third-order valence-corrected chi connectivity index (χ3v) is 5.47. The Morgan fingerprint density at radius 1 is 1.03 bits per heavy atom. The van der Waals surface area contributed by atoms with Crippen LogP contribution in [0.15, 0.2) is 48.4 Å². The van der Waals surface area contributed by atoms with Gasteiger partial charge in [0.05, 0.1) is 25.4 Å². The summed E-state index contributed by atoms with van der Waals surface area (Å²) < 4.78 is 19.2. The summed E-state index contributed by atoms with van der Waals surface area (Å²) in [5.74, 6) is 2.79. The van der Waals surface area contributed by atoms with E-state index in [4.69, 9.17) is 19.3 Å². The van der Waals surface area contributed by atoms with Gasteiger partial charge >= 0.3 is 0 Å². The maximum Gasteiger partial charge on any atom is 0.162 e. The molecule has 3 aromatic rings. The molecule has 0 N–H and O–H groups in total. The standard InChI is InChI=1S/C24H27N3O3/c1-15-11-19(26-27(15)4)17-14-24(2,3)9-7-20(17)30-21-8-10-25-18-13-23(29-6)22(28-5)12-16(18)21/h7-13H,14H2,1-6H3. The second-order valence-electron chi connectivity index (χ2n) is 8.27. The summed E-state index contributed by atoms with van der Waals surface area (Å²) >= 11 is 0. The lowest BCUT2D eigenvalue weighted by Crippen LogP contribution is -2.15. The Bertz CT molecular complexity index is 1150. The van der Waals surface area contributed by atoms with E-state index in [1.807, 2.05) is 29.9 Å². The first-order valence-corrected chi connectivity index (χ1v) is 9.93. The van der Waals surface area contributed by atoms with Gasteiger partial charge in [-0.25, -0.2) is 0 Å². The van der Waals surface area contributed by atoms with Crippen molar-refractivity contribution in [2.75, 3.05) is 14.2 Å². The van der Waals surface area contributed by atoms with Crippen LogP contribution in [0.4, 0.5) is 0 Å². The second-order valence-corrected chi connectivity index (χ2v) is 8.27. The molecule has 156 valence electrons. The molecule has 6 heteroatoms. The molecule has 0 saturated heterocycles. The normalized spacial score (nSPS) is 15.5. The van der Waals surface area contributed by atoms with E-state index >= 15 is 0 Å². The topological polar surface area (TPSA) is 58.4 Å². The average Bonchev–Trinajstić information content (AvgIpc) is 3.06. The molecular weight excluding hydrogens is 378 g/mol. The molecule has 4 rings (SSSR count). The zero-order chi connectivity index (χ0) is 21.5. The minimum Gasteiger partial charge on any atom is -0.493 e. The summed E-state index contributed by atoms with van der Waals surface area (Å²) in [7, 11) is 5.20. The van der Waals surface area contributed by atoms with Gasteiger partial charge in [-0.3, -0.25) is 9.67 Å². The molecule has 6 nitrogen and oxygen atoms in total. The lowest BCUT2D eigenvalue weighted by Gasteiger charge is -2.27. The van der Waals surface area contributed by atoms with Gasteiger partial charge in [-0.05, 0) is 43.0 Å². The molecule has 0 saturated carbocycles. The molecule has 0 atom stereocenters. The van der Waals surface area contributed by atoms with E-state index in [9.17, 15) is 0 Å². The first kappa shape index (κ1) is 20.0. The van der Waals surface area contributed by atoms with Crippen LogP contribution in [0.2, 0.25) is 0 Å². The van der Waals surface area contributed by atoms with Crippen molar-refractivity contribution in [3.05, 3.63) is 59.8 Å². The van der Waals surface area contributed by atoms with E-state index in [-0.39, 0.29) is 5.41 Å². The fourth-order valence-corrected chi connectivity index (χ4v) is 3.68. The third-order valence-electron chi connectivity index (χ3n) is 5.47. The lowest BCUT2D eigenvalue weighted by atomic mass is 9.80. The van der Waals surface area contributed by atoms with Gasteiger partial charge in [-0.1, -0.05) is 19.9 Å². The number of nitrogens with zero attached hydrogens (tertiary/aromatic N) is 3. The van der Waals surface area contributed by atoms with E-state index in [2.05, 4.69) is 44.0 Å². The Morgan fingerprint density at radius 3 is 2.43 bits per heavy atom. The summed E-state index contributed by atoms with van der Waals surface area (Å²) in [4.78, 5) is 4.47. The summed E-state index contributed by atoms with van der Waals surface area (Å²) in [5, 5.41) is 5.56. The molecule has 0 spiro atoms. The number of methoxy groups -OCH3 is 2. The van der Waals surface area contributed by atoms with Crippen LogP contribution in [0.3, 0.4) is 0 Å². The average molecular weight is 405 g/mol. The highest BCUT2D eigenvalue weighted by atomic mass is 16.5. The number of fused-ring (bicyclic) bond motifs is 1. The Labute approximate surface area is 176 Å². The molecule has 0 aliphatic heterocycles. The van der Waals surface area contributed by atoms with E-state index in [1.165, 1.54) is 0 Å². The maximum absolute atomic E-state index is 6.46. The minimum absolute atomic E-state index is 0.0323. The van der Waals surface area contributed by atoms with Crippen molar-refractivity contribution in [1.82, 2.24) is 14.8 Å². The van der Waals surface area contributed by atoms with Gasteiger partial charge in [0.2, 0.25) is 0 Å². The zero-order valence-electron chi connectivity index (χ0n) is 18.3. The molecule has 1 aliphatic rings. The van der Waals surface area contributed by atoms with E-state index in [1.54, 1.807) is 20.4 Å². The van der Waals surface area contributed by atoms with Gasteiger partial charge in [-0.15, -0.1) is 0 Å². The van der Waals surface area contributed by atoms with E-state index < -0.39 is 0 Å². The predicted molar refractivity (Wildman–Crippen MR) is 118 cm³/mol. The van der Waals surface area contributed by atoms with Gasteiger partial charge in [0.25, 0.3) is 0 Å². The van der Waals surface area contributed by atoms with Gasteiger partial charge in [0.1, 0.15) is 11.5 Å². The van der Waals surface area contributed by atoms with Crippen molar-refractivity contribution >= 4 is 16.5 Å². The fourth-order valence-electron chi connectivity index (χ4n) is 3.68. The summed E-state index contributed by atoms with van der Waals surface area (Å²) in [6.07, 6.45) is 6.82. The molecule has 0 radical (unpaired) electrons. The van der Waals surface area contributed by atoms with Crippen molar-refractivity contribution in [2.24, 2.45) is 12.5 Å². The van der Waals surface area contributed by atoms with Crippen LogP contribution in [0.5, 0.6) is 17.2 Å². The molecule has 0 amide bonds. The summed E-state index contributed by atoms with van der Waals surface area (Å²) in [5.41, 5.74) is 3.96. The highest BCUT2D eigenvalue weighted by molar-refractivity contribution is 5.88. The highest BCUT2D eigenvalue weighted by Gasteiger charge is 2.27. The lowest BCUT2D eigenvalue weighted by molar-refractivity contribution is 0.355. The Kier molecular flexibility index (Phi) is 5.02. The van der Waals surface area contributed by atoms with Crippen LogP contribution < -0.4 is 14.2 Å².